The van der Waals surface area contributed by atoms with Gasteiger partial charge in [0.1, 0.15) is 0 Å². The molecule has 1 aliphatic rings. The summed E-state index contributed by atoms with van der Waals surface area (Å²) in [5.74, 6) is -0.0945. The maximum absolute atomic E-state index is 11.1. The van der Waals surface area contributed by atoms with Gasteiger partial charge in [0.15, 0.2) is 0 Å². The molecule has 1 amide bonds. The molecular formula is C10H13N3O. The molecule has 1 aromatic heterocycles. The van der Waals surface area contributed by atoms with Crippen LogP contribution in [-0.4, -0.2) is 21.7 Å². The highest BCUT2D eigenvalue weighted by atomic mass is 16.1. The van der Waals surface area contributed by atoms with Gasteiger partial charge in [-0.05, 0) is 18.6 Å². The summed E-state index contributed by atoms with van der Waals surface area (Å²) in [6.45, 7) is 4.31. The van der Waals surface area contributed by atoms with Crippen LogP contribution in [0.5, 0.6) is 0 Å². The first kappa shape index (κ1) is 8.99. The number of aryl methyl sites for hydroxylation is 1. The minimum absolute atomic E-state index is 0.0945. The van der Waals surface area contributed by atoms with E-state index in [1.165, 1.54) is 11.8 Å². The largest absolute Gasteiger partial charge is 0.349 e. The zero-order valence-corrected chi connectivity index (χ0v) is 7.94. The first-order chi connectivity index (χ1) is 6.79. The summed E-state index contributed by atoms with van der Waals surface area (Å²) in [6.07, 6.45) is 4.91. The fourth-order valence-corrected chi connectivity index (χ4v) is 1.75. The maximum atomic E-state index is 11.1. The Morgan fingerprint density at radius 3 is 3.43 bits per heavy atom. The van der Waals surface area contributed by atoms with E-state index in [4.69, 9.17) is 0 Å². The fourth-order valence-electron chi connectivity index (χ4n) is 1.75. The number of aromatic nitrogens is 2. The van der Waals surface area contributed by atoms with E-state index in [1.54, 1.807) is 6.20 Å². The molecule has 2 rings (SSSR count). The SMILES string of the molecule is C=CC(=O)NC1CCn2nccc2C1. The monoisotopic (exact) mass is 191 g/mol. The maximum Gasteiger partial charge on any atom is 0.243 e. The molecule has 0 aromatic carbocycles. The smallest absolute Gasteiger partial charge is 0.243 e. The zero-order valence-electron chi connectivity index (χ0n) is 7.94. The molecule has 14 heavy (non-hydrogen) atoms. The first-order valence-corrected chi connectivity index (χ1v) is 4.73. The summed E-state index contributed by atoms with van der Waals surface area (Å²) in [4.78, 5) is 11.1. The van der Waals surface area contributed by atoms with Crippen LogP contribution in [0.3, 0.4) is 0 Å². The number of carbonyl (C=O) groups is 1. The molecule has 0 saturated carbocycles. The Balaban J connectivity index is 2.00. The Hall–Kier alpha value is -1.58. The molecule has 2 heterocycles. The van der Waals surface area contributed by atoms with Gasteiger partial charge < -0.3 is 5.32 Å². The fraction of sp³-hybridized carbons (Fsp3) is 0.400. The standard InChI is InChI=1S/C10H13N3O/c1-2-10(14)12-8-4-6-13-9(7-8)3-5-11-13/h2-3,5,8H,1,4,6-7H2,(H,12,14). The molecule has 0 fully saturated rings. The topological polar surface area (TPSA) is 46.9 Å². The minimum Gasteiger partial charge on any atom is -0.349 e. The average molecular weight is 191 g/mol. The lowest BCUT2D eigenvalue weighted by Crippen LogP contribution is -2.39. The number of nitrogens with one attached hydrogen (secondary N) is 1. The molecule has 1 atom stereocenters. The molecule has 74 valence electrons. The summed E-state index contributed by atoms with van der Waals surface area (Å²) in [7, 11) is 0. The second-order valence-corrected chi connectivity index (χ2v) is 3.45. The van der Waals surface area contributed by atoms with E-state index in [9.17, 15) is 4.79 Å². The van der Waals surface area contributed by atoms with Gasteiger partial charge in [-0.1, -0.05) is 6.58 Å². The number of hydrogen-bond acceptors (Lipinski definition) is 2. The highest BCUT2D eigenvalue weighted by molar-refractivity contribution is 5.87. The van der Waals surface area contributed by atoms with E-state index >= 15 is 0 Å². The highest BCUT2D eigenvalue weighted by Gasteiger charge is 2.19. The molecule has 4 heteroatoms. The number of hydrogen-bond donors (Lipinski definition) is 1. The van der Waals surface area contributed by atoms with Gasteiger partial charge in [-0.3, -0.25) is 9.48 Å². The lowest BCUT2D eigenvalue weighted by atomic mass is 10.0. The van der Waals surface area contributed by atoms with Crippen molar-refractivity contribution in [3.8, 4) is 0 Å². The van der Waals surface area contributed by atoms with Gasteiger partial charge >= 0.3 is 0 Å². The van der Waals surface area contributed by atoms with Crippen molar-refractivity contribution >= 4 is 5.91 Å². The van der Waals surface area contributed by atoms with Crippen molar-refractivity contribution in [3.63, 3.8) is 0 Å². The van der Waals surface area contributed by atoms with Crippen molar-refractivity contribution in [2.75, 3.05) is 0 Å². The van der Waals surface area contributed by atoms with Crippen molar-refractivity contribution in [3.05, 3.63) is 30.6 Å². The molecule has 1 unspecified atom stereocenters. The van der Waals surface area contributed by atoms with Crippen molar-refractivity contribution in [2.24, 2.45) is 0 Å². The summed E-state index contributed by atoms with van der Waals surface area (Å²) in [5, 5.41) is 7.08. The number of fused-ring (bicyclic) bond motifs is 1. The predicted molar refractivity (Wildman–Crippen MR) is 52.7 cm³/mol. The van der Waals surface area contributed by atoms with Crippen LogP contribution in [0.4, 0.5) is 0 Å². The van der Waals surface area contributed by atoms with Crippen LogP contribution in [0.1, 0.15) is 12.1 Å². The number of rotatable bonds is 2. The summed E-state index contributed by atoms with van der Waals surface area (Å²) >= 11 is 0. The minimum atomic E-state index is -0.0945. The van der Waals surface area contributed by atoms with Crippen molar-refractivity contribution in [1.82, 2.24) is 15.1 Å². The molecule has 0 saturated heterocycles. The van der Waals surface area contributed by atoms with Gasteiger partial charge in [0, 0.05) is 30.9 Å². The van der Waals surface area contributed by atoms with E-state index < -0.39 is 0 Å². The molecule has 0 radical (unpaired) electrons. The summed E-state index contributed by atoms with van der Waals surface area (Å²) in [5.41, 5.74) is 1.19. The molecule has 4 nitrogen and oxygen atoms in total. The molecule has 1 N–H and O–H groups in total. The molecule has 1 aromatic rings. The van der Waals surface area contributed by atoms with Crippen LogP contribution in [0.2, 0.25) is 0 Å². The molecule has 0 bridgehead atoms. The van der Waals surface area contributed by atoms with Gasteiger partial charge in [0.2, 0.25) is 5.91 Å². The quantitative estimate of drug-likeness (QED) is 0.692. The van der Waals surface area contributed by atoms with Crippen LogP contribution < -0.4 is 5.32 Å². The third-order valence-corrected chi connectivity index (χ3v) is 2.48. The Kier molecular flexibility index (Phi) is 2.35. The molecule has 0 aliphatic carbocycles. The van der Waals surface area contributed by atoms with Crippen LogP contribution in [0, 0.1) is 0 Å². The van der Waals surface area contributed by atoms with E-state index in [1.807, 2.05) is 10.7 Å². The van der Waals surface area contributed by atoms with Crippen molar-refractivity contribution < 1.29 is 4.79 Å². The van der Waals surface area contributed by atoms with E-state index in [0.29, 0.717) is 0 Å². The highest BCUT2D eigenvalue weighted by Crippen LogP contribution is 2.13. The van der Waals surface area contributed by atoms with E-state index in [2.05, 4.69) is 17.0 Å². The van der Waals surface area contributed by atoms with E-state index in [-0.39, 0.29) is 11.9 Å². The third-order valence-electron chi connectivity index (χ3n) is 2.48. The molecule has 1 aliphatic heterocycles. The van der Waals surface area contributed by atoms with Gasteiger partial charge in [-0.2, -0.15) is 5.10 Å². The van der Waals surface area contributed by atoms with Gasteiger partial charge in [0.05, 0.1) is 0 Å². The molecule has 0 spiro atoms. The predicted octanol–water partition coefficient (Wildman–Crippen LogP) is 0.500. The number of nitrogens with zero attached hydrogens (tertiary/aromatic N) is 2. The van der Waals surface area contributed by atoms with Gasteiger partial charge in [0.25, 0.3) is 0 Å². The van der Waals surface area contributed by atoms with Crippen molar-refractivity contribution in [1.29, 1.82) is 0 Å². The van der Waals surface area contributed by atoms with E-state index in [0.717, 1.165) is 19.4 Å². The normalized spacial score (nSPS) is 19.9. The lowest BCUT2D eigenvalue weighted by Gasteiger charge is -2.23. The third kappa shape index (κ3) is 1.69. The van der Waals surface area contributed by atoms with Gasteiger partial charge in [-0.25, -0.2) is 0 Å². The molecular weight excluding hydrogens is 178 g/mol. The first-order valence-electron chi connectivity index (χ1n) is 4.73. The second kappa shape index (κ2) is 3.65. The summed E-state index contributed by atoms with van der Waals surface area (Å²) in [6, 6.07) is 2.22. The van der Waals surface area contributed by atoms with Crippen LogP contribution in [0.15, 0.2) is 24.9 Å². The van der Waals surface area contributed by atoms with Crippen LogP contribution >= 0.6 is 0 Å². The van der Waals surface area contributed by atoms with Gasteiger partial charge in [-0.15, -0.1) is 0 Å². The summed E-state index contributed by atoms with van der Waals surface area (Å²) < 4.78 is 1.98. The van der Waals surface area contributed by atoms with Crippen LogP contribution in [0.25, 0.3) is 0 Å². The zero-order chi connectivity index (χ0) is 9.97. The Morgan fingerprint density at radius 1 is 1.79 bits per heavy atom. The number of carbonyl (C=O) groups excluding carboxylic acids is 1. The average Bonchev–Trinajstić information content (AvgIpc) is 2.64. The van der Waals surface area contributed by atoms with Crippen LogP contribution in [-0.2, 0) is 17.8 Å². The Morgan fingerprint density at radius 2 is 2.64 bits per heavy atom. The number of amides is 1. The van der Waals surface area contributed by atoms with Crippen molar-refractivity contribution in [2.45, 2.75) is 25.4 Å². The Bertz CT molecular complexity index is 356. The Labute approximate surface area is 82.6 Å². The second-order valence-electron chi connectivity index (χ2n) is 3.45. The lowest BCUT2D eigenvalue weighted by molar-refractivity contribution is -0.117.